The molecule has 5 rings (SSSR count). The van der Waals surface area contributed by atoms with Gasteiger partial charge in [-0.05, 0) is 41.0 Å². The van der Waals surface area contributed by atoms with Gasteiger partial charge in [0, 0.05) is 5.30 Å². The normalized spacial score (nSPS) is 24.1. The van der Waals surface area contributed by atoms with E-state index < -0.39 is 31.5 Å². The third-order valence-electron chi connectivity index (χ3n) is 7.02. The second kappa shape index (κ2) is 14.1. The van der Waals surface area contributed by atoms with Gasteiger partial charge in [0.2, 0.25) is 0 Å². The van der Waals surface area contributed by atoms with Gasteiger partial charge >= 0.3 is 0 Å². The molecule has 1 heterocycles. The minimum atomic E-state index is -3.85. The molecule has 1 aliphatic heterocycles. The van der Waals surface area contributed by atoms with Crippen molar-refractivity contribution in [2.45, 2.75) is 44.0 Å². The molecule has 41 heavy (non-hydrogen) atoms. The van der Waals surface area contributed by atoms with Gasteiger partial charge in [-0.25, -0.2) is 0 Å². The molecule has 0 saturated carbocycles. The van der Waals surface area contributed by atoms with Crippen molar-refractivity contribution in [2.24, 2.45) is 0 Å². The van der Waals surface area contributed by atoms with Gasteiger partial charge in [-0.1, -0.05) is 91.0 Å². The second-order valence-electron chi connectivity index (χ2n) is 9.88. The first-order valence-electron chi connectivity index (χ1n) is 13.6. The van der Waals surface area contributed by atoms with Gasteiger partial charge in [-0.15, -0.1) is 0 Å². The molecule has 1 N–H and O–H groups in total. The molecule has 3 unspecified atom stereocenters. The Morgan fingerprint density at radius 1 is 0.683 bits per heavy atom. The molecular formula is C33H35O7P. The van der Waals surface area contributed by atoms with Crippen LogP contribution in [0.4, 0.5) is 0 Å². The fraction of sp³-hybridized carbons (Fsp3) is 0.273. The van der Waals surface area contributed by atoms with Crippen molar-refractivity contribution in [1.29, 1.82) is 0 Å². The maximum atomic E-state index is 14.5. The summed E-state index contributed by atoms with van der Waals surface area (Å²) in [6.45, 7) is 0.895. The van der Waals surface area contributed by atoms with Crippen molar-refractivity contribution in [3.8, 4) is 5.75 Å². The maximum Gasteiger partial charge on any atom is 0.262 e. The highest BCUT2D eigenvalue weighted by Gasteiger charge is 2.54. The quantitative estimate of drug-likeness (QED) is 0.217. The van der Waals surface area contributed by atoms with Gasteiger partial charge in [0.25, 0.3) is 7.37 Å². The van der Waals surface area contributed by atoms with Crippen molar-refractivity contribution < 1.29 is 33.1 Å². The Balaban J connectivity index is 1.45. The van der Waals surface area contributed by atoms with Crippen LogP contribution in [0.25, 0.3) is 0 Å². The Hall–Kier alpha value is -3.29. The van der Waals surface area contributed by atoms with Gasteiger partial charge < -0.3 is 28.6 Å². The highest BCUT2D eigenvalue weighted by Crippen LogP contribution is 2.57. The molecule has 0 bridgehead atoms. The van der Waals surface area contributed by atoms with Crippen molar-refractivity contribution in [3.05, 3.63) is 132 Å². The Kier molecular flexibility index (Phi) is 10.0. The van der Waals surface area contributed by atoms with E-state index in [0.717, 1.165) is 16.7 Å². The van der Waals surface area contributed by atoms with E-state index in [1.807, 2.05) is 91.0 Å². The van der Waals surface area contributed by atoms with Crippen LogP contribution in [0, 0.1) is 0 Å². The Bertz CT molecular complexity index is 1380. The largest absolute Gasteiger partial charge is 0.497 e. The molecule has 5 atom stereocenters. The van der Waals surface area contributed by atoms with E-state index in [1.165, 1.54) is 0 Å². The highest BCUT2D eigenvalue weighted by atomic mass is 31.2. The van der Waals surface area contributed by atoms with Crippen LogP contribution in [0.5, 0.6) is 5.75 Å². The monoisotopic (exact) mass is 574 g/mol. The smallest absolute Gasteiger partial charge is 0.262 e. The average molecular weight is 575 g/mol. The van der Waals surface area contributed by atoms with Crippen LogP contribution < -0.4 is 10.0 Å². The van der Waals surface area contributed by atoms with E-state index in [4.69, 9.17) is 23.5 Å². The molecular weight excluding hydrogens is 539 g/mol. The molecule has 1 fully saturated rings. The third-order valence-corrected chi connectivity index (χ3v) is 9.61. The fourth-order valence-corrected chi connectivity index (χ4v) is 7.15. The summed E-state index contributed by atoms with van der Waals surface area (Å²) in [5, 5.41) is 12.0. The lowest BCUT2D eigenvalue weighted by atomic mass is 10.1. The van der Waals surface area contributed by atoms with Gasteiger partial charge in [0.1, 0.15) is 24.1 Å². The number of rotatable bonds is 12. The first-order chi connectivity index (χ1) is 20.1. The zero-order chi connectivity index (χ0) is 28.5. The maximum absolute atomic E-state index is 14.5. The molecule has 4 aromatic rings. The van der Waals surface area contributed by atoms with Crippen LogP contribution in [0.3, 0.4) is 0 Å². The molecule has 8 heteroatoms. The third kappa shape index (κ3) is 7.32. The molecule has 7 nitrogen and oxygen atoms in total. The van der Waals surface area contributed by atoms with Crippen molar-refractivity contribution >= 4 is 12.7 Å². The number of hydrogen-bond donors (Lipinski definition) is 1. The Labute approximate surface area is 241 Å². The molecule has 4 aromatic carbocycles. The molecule has 0 spiro atoms. The van der Waals surface area contributed by atoms with Crippen LogP contribution in [-0.2, 0) is 43.1 Å². The van der Waals surface area contributed by atoms with Crippen molar-refractivity contribution in [1.82, 2.24) is 0 Å². The first kappa shape index (κ1) is 29.2. The van der Waals surface area contributed by atoms with Gasteiger partial charge in [0.05, 0.1) is 33.5 Å². The molecule has 0 radical (unpaired) electrons. The zero-order valence-corrected chi connectivity index (χ0v) is 23.8. The molecule has 0 aromatic heterocycles. The summed E-state index contributed by atoms with van der Waals surface area (Å²) in [5.41, 5.74) is 2.88. The van der Waals surface area contributed by atoms with E-state index in [1.54, 1.807) is 31.4 Å². The lowest BCUT2D eigenvalue weighted by Crippen LogP contribution is -2.55. The van der Waals surface area contributed by atoms with E-state index >= 15 is 0 Å². The van der Waals surface area contributed by atoms with E-state index in [0.29, 0.717) is 17.7 Å². The molecule has 0 aliphatic carbocycles. The topological polar surface area (TPSA) is 83.5 Å². The number of methoxy groups -OCH3 is 1. The zero-order valence-electron chi connectivity index (χ0n) is 23.0. The summed E-state index contributed by atoms with van der Waals surface area (Å²) in [7, 11) is -2.29. The van der Waals surface area contributed by atoms with Crippen molar-refractivity contribution in [2.75, 3.05) is 13.7 Å². The van der Waals surface area contributed by atoms with Crippen LogP contribution in [0.1, 0.15) is 16.7 Å². The number of aliphatic hydroxyl groups is 1. The summed E-state index contributed by atoms with van der Waals surface area (Å²) >= 11 is 0. The SMILES string of the molecule is COc1ccc(P2(=O)OC(COCc3ccccc3)[C@@H](OCc3ccccc3)[C@H](OCc3ccccc3)C2O)cc1. The Morgan fingerprint density at radius 2 is 1.17 bits per heavy atom. The summed E-state index contributed by atoms with van der Waals surface area (Å²) in [6.07, 6.45) is -2.49. The van der Waals surface area contributed by atoms with Crippen LogP contribution in [0.2, 0.25) is 0 Å². The average Bonchev–Trinajstić information content (AvgIpc) is 3.03. The summed E-state index contributed by atoms with van der Waals surface area (Å²) in [5.74, 6) is -0.860. The summed E-state index contributed by atoms with van der Waals surface area (Å²) in [6, 6.07) is 35.9. The standard InChI is InChI=1S/C33H35O7P/c1-36-28-17-19-29(20-18-28)41(35)33(34)32(39-23-27-15-9-4-10-16-27)31(38-22-26-13-7-3-8-14-26)30(40-41)24-37-21-25-11-5-2-6-12-25/h2-20,30-34H,21-24H2,1H3/t30?,31-,32+,33?,41?/m1/s1. The molecule has 214 valence electrons. The van der Waals surface area contributed by atoms with E-state index in [-0.39, 0.29) is 19.8 Å². The van der Waals surface area contributed by atoms with Gasteiger partial charge in [-0.3, -0.25) is 4.57 Å². The first-order valence-corrected chi connectivity index (χ1v) is 15.3. The number of benzene rings is 4. The predicted octanol–water partition coefficient (Wildman–Crippen LogP) is 5.70. The highest BCUT2D eigenvalue weighted by molar-refractivity contribution is 7.67. The minimum Gasteiger partial charge on any atom is -0.497 e. The lowest BCUT2D eigenvalue weighted by molar-refractivity contribution is -0.174. The summed E-state index contributed by atoms with van der Waals surface area (Å²) in [4.78, 5) is 0. The van der Waals surface area contributed by atoms with Crippen LogP contribution >= 0.6 is 7.37 Å². The van der Waals surface area contributed by atoms with Gasteiger partial charge in [-0.2, -0.15) is 0 Å². The Morgan fingerprint density at radius 3 is 1.68 bits per heavy atom. The predicted molar refractivity (Wildman–Crippen MR) is 157 cm³/mol. The van der Waals surface area contributed by atoms with Crippen molar-refractivity contribution in [3.63, 3.8) is 0 Å². The molecule has 0 amide bonds. The summed E-state index contributed by atoms with van der Waals surface area (Å²) < 4.78 is 44.9. The van der Waals surface area contributed by atoms with Crippen LogP contribution in [0.15, 0.2) is 115 Å². The lowest BCUT2D eigenvalue weighted by Gasteiger charge is -2.44. The molecule has 1 saturated heterocycles. The second-order valence-corrected chi connectivity index (χ2v) is 12.3. The number of aliphatic hydroxyl groups excluding tert-OH is 1. The number of hydrogen-bond acceptors (Lipinski definition) is 7. The molecule has 1 aliphatic rings. The fourth-order valence-electron chi connectivity index (χ4n) is 4.81. The van der Waals surface area contributed by atoms with Gasteiger partial charge in [0.15, 0.2) is 5.85 Å². The van der Waals surface area contributed by atoms with Crippen LogP contribution in [-0.4, -0.2) is 43.0 Å². The van der Waals surface area contributed by atoms with E-state index in [2.05, 4.69) is 0 Å². The number of ether oxygens (including phenoxy) is 4. The minimum absolute atomic E-state index is 0.0897. The van der Waals surface area contributed by atoms with E-state index in [9.17, 15) is 9.67 Å².